The van der Waals surface area contributed by atoms with Crippen molar-refractivity contribution in [2.45, 2.75) is 18.2 Å². The first-order chi connectivity index (χ1) is 16.1. The van der Waals surface area contributed by atoms with Crippen molar-refractivity contribution in [2.75, 3.05) is 19.6 Å². The molecule has 5 rings (SSSR count). The minimum atomic E-state index is -1.02. The number of fused-ring (bicyclic) bond motifs is 1. The van der Waals surface area contributed by atoms with Crippen molar-refractivity contribution >= 4 is 12.1 Å². The number of cyclic esters (lactones) is 1. The fourth-order valence-corrected chi connectivity index (χ4v) is 4.73. The van der Waals surface area contributed by atoms with E-state index in [1.54, 1.807) is 21.9 Å². The molecule has 0 spiro atoms. The van der Waals surface area contributed by atoms with Crippen molar-refractivity contribution in [2.24, 2.45) is 0 Å². The van der Waals surface area contributed by atoms with Gasteiger partial charge in [0.25, 0.3) is 0 Å². The van der Waals surface area contributed by atoms with Crippen LogP contribution in [0.1, 0.15) is 16.7 Å². The summed E-state index contributed by atoms with van der Waals surface area (Å²) in [6.07, 6.45) is -0.376. The maximum absolute atomic E-state index is 13.1. The van der Waals surface area contributed by atoms with Gasteiger partial charge in [-0.1, -0.05) is 72.8 Å². The normalized spacial score (nSPS) is 19.1. The van der Waals surface area contributed by atoms with Gasteiger partial charge in [0.15, 0.2) is 5.60 Å². The van der Waals surface area contributed by atoms with E-state index in [9.17, 15) is 14.0 Å². The number of ether oxygens (including phenoxy) is 1. The Hall–Kier alpha value is -3.87. The molecule has 33 heavy (non-hydrogen) atoms. The summed E-state index contributed by atoms with van der Waals surface area (Å²) in [6, 6.07) is 24.8. The molecule has 0 saturated carbocycles. The molecule has 7 heteroatoms. The highest BCUT2D eigenvalue weighted by Crippen LogP contribution is 2.45. The molecule has 2 aliphatic rings. The zero-order valence-electron chi connectivity index (χ0n) is 18.0. The average Bonchev–Trinajstić information content (AvgIpc) is 3.17. The Morgan fingerprint density at radius 3 is 2.15 bits per heavy atom. The number of hydrogen-bond acceptors (Lipinski definition) is 3. The van der Waals surface area contributed by atoms with Gasteiger partial charge in [0.1, 0.15) is 11.9 Å². The van der Waals surface area contributed by atoms with Gasteiger partial charge in [-0.15, -0.1) is 0 Å². The molecule has 3 amide bonds. The van der Waals surface area contributed by atoms with Crippen LogP contribution in [0.15, 0.2) is 84.9 Å². The number of rotatable bonds is 4. The summed E-state index contributed by atoms with van der Waals surface area (Å²) in [5, 5.41) is 2.91. The van der Waals surface area contributed by atoms with E-state index < -0.39 is 5.60 Å². The van der Waals surface area contributed by atoms with Crippen LogP contribution < -0.4 is 5.32 Å². The second kappa shape index (κ2) is 8.58. The zero-order valence-corrected chi connectivity index (χ0v) is 18.0. The van der Waals surface area contributed by atoms with Gasteiger partial charge in [-0.2, -0.15) is 0 Å². The van der Waals surface area contributed by atoms with E-state index in [1.807, 2.05) is 60.7 Å². The topological polar surface area (TPSA) is 61.9 Å². The van der Waals surface area contributed by atoms with Crippen LogP contribution in [0.5, 0.6) is 0 Å². The number of hydrogen-bond donors (Lipinski definition) is 1. The lowest BCUT2D eigenvalue weighted by Gasteiger charge is -2.42. The highest BCUT2D eigenvalue weighted by Gasteiger charge is 2.58. The Morgan fingerprint density at radius 2 is 1.55 bits per heavy atom. The second-order valence-electron chi connectivity index (χ2n) is 8.28. The molecule has 3 aromatic carbocycles. The fourth-order valence-electron chi connectivity index (χ4n) is 4.73. The van der Waals surface area contributed by atoms with Crippen LogP contribution in [0.4, 0.5) is 14.0 Å². The predicted octanol–water partition coefficient (Wildman–Crippen LogP) is 4.12. The summed E-state index contributed by atoms with van der Waals surface area (Å²) < 4.78 is 19.3. The first-order valence-electron chi connectivity index (χ1n) is 11.0. The Bertz CT molecular complexity index is 1100. The van der Waals surface area contributed by atoms with E-state index in [-0.39, 0.29) is 24.0 Å². The van der Waals surface area contributed by atoms with Crippen LogP contribution in [0, 0.1) is 5.82 Å². The molecule has 0 aromatic heterocycles. The van der Waals surface area contributed by atoms with Crippen molar-refractivity contribution in [1.29, 1.82) is 0 Å². The van der Waals surface area contributed by atoms with E-state index in [2.05, 4.69) is 5.32 Å². The molecule has 2 heterocycles. The van der Waals surface area contributed by atoms with Crippen molar-refractivity contribution in [3.63, 3.8) is 0 Å². The van der Waals surface area contributed by atoms with Crippen LogP contribution in [0.2, 0.25) is 0 Å². The molecule has 6 nitrogen and oxygen atoms in total. The van der Waals surface area contributed by atoms with E-state index in [0.717, 1.165) is 16.7 Å². The first-order valence-corrected chi connectivity index (χ1v) is 11.0. The summed E-state index contributed by atoms with van der Waals surface area (Å²) in [7, 11) is 0. The Labute approximate surface area is 191 Å². The molecular formula is C26H24FN3O3. The van der Waals surface area contributed by atoms with Gasteiger partial charge in [-0.3, -0.25) is 4.90 Å². The van der Waals surface area contributed by atoms with Crippen molar-refractivity contribution < 1.29 is 18.7 Å². The molecule has 168 valence electrons. The number of carbonyl (C=O) groups is 2. The number of nitrogens with one attached hydrogen (secondary N) is 1. The van der Waals surface area contributed by atoms with E-state index in [4.69, 9.17) is 4.74 Å². The van der Waals surface area contributed by atoms with Gasteiger partial charge in [-0.25, -0.2) is 14.0 Å². The van der Waals surface area contributed by atoms with Crippen LogP contribution in [0.25, 0.3) is 0 Å². The lowest BCUT2D eigenvalue weighted by Crippen LogP contribution is -2.59. The van der Waals surface area contributed by atoms with E-state index >= 15 is 0 Å². The van der Waals surface area contributed by atoms with Crippen molar-refractivity contribution in [1.82, 2.24) is 15.1 Å². The third-order valence-corrected chi connectivity index (χ3v) is 6.38. The van der Waals surface area contributed by atoms with E-state index in [0.29, 0.717) is 26.2 Å². The summed E-state index contributed by atoms with van der Waals surface area (Å²) in [4.78, 5) is 29.4. The zero-order chi connectivity index (χ0) is 22.8. The monoisotopic (exact) mass is 445 g/mol. The summed E-state index contributed by atoms with van der Waals surface area (Å²) in [6.45, 7) is 1.40. The smallest absolute Gasteiger partial charge is 0.411 e. The molecule has 1 atom stereocenters. The van der Waals surface area contributed by atoms with E-state index in [1.165, 1.54) is 12.1 Å². The molecule has 1 N–H and O–H groups in total. The maximum Gasteiger partial charge on any atom is 0.411 e. The van der Waals surface area contributed by atoms with Gasteiger partial charge in [0, 0.05) is 37.3 Å². The number of carbonyl (C=O) groups excluding carboxylic acids is 2. The van der Waals surface area contributed by atoms with Gasteiger partial charge < -0.3 is 15.0 Å². The molecular weight excluding hydrogens is 421 g/mol. The standard InChI is InChI=1S/C26H24FN3O3/c27-22-13-11-19(12-14-22)17-28-24(31)29-15-16-30-23(18-29)26(33-25(30)32,20-7-3-1-4-8-20)21-9-5-2-6-10-21/h1-14,23H,15-18H2,(H,28,31)/t23-/m0/s1. The van der Waals surface area contributed by atoms with Crippen LogP contribution in [-0.4, -0.2) is 47.6 Å². The predicted molar refractivity (Wildman–Crippen MR) is 121 cm³/mol. The number of halogens is 1. The number of piperazine rings is 1. The van der Waals surface area contributed by atoms with Gasteiger partial charge >= 0.3 is 12.1 Å². The number of benzene rings is 3. The molecule has 3 aromatic rings. The molecule has 0 unspecified atom stereocenters. The Balaban J connectivity index is 1.42. The van der Waals surface area contributed by atoms with Crippen LogP contribution in [-0.2, 0) is 16.9 Å². The van der Waals surface area contributed by atoms with Gasteiger partial charge in [0.2, 0.25) is 0 Å². The molecule has 0 radical (unpaired) electrons. The van der Waals surface area contributed by atoms with Crippen molar-refractivity contribution in [3.05, 3.63) is 107 Å². The lowest BCUT2D eigenvalue weighted by molar-refractivity contribution is 0.0511. The number of urea groups is 1. The lowest BCUT2D eigenvalue weighted by atomic mass is 9.79. The molecule has 0 bridgehead atoms. The second-order valence-corrected chi connectivity index (χ2v) is 8.28. The highest BCUT2D eigenvalue weighted by atomic mass is 19.1. The minimum absolute atomic E-state index is 0.228. The van der Waals surface area contributed by atoms with Gasteiger partial charge in [-0.05, 0) is 17.7 Å². The highest BCUT2D eigenvalue weighted by molar-refractivity contribution is 5.77. The molecule has 2 aliphatic heterocycles. The van der Waals surface area contributed by atoms with Gasteiger partial charge in [0.05, 0.1) is 0 Å². The molecule has 2 saturated heterocycles. The summed E-state index contributed by atoms with van der Waals surface area (Å²) >= 11 is 0. The van der Waals surface area contributed by atoms with Crippen molar-refractivity contribution in [3.8, 4) is 0 Å². The number of amides is 3. The minimum Gasteiger partial charge on any atom is -0.431 e. The quantitative estimate of drug-likeness (QED) is 0.657. The maximum atomic E-state index is 13.1. The fraction of sp³-hybridized carbons (Fsp3) is 0.231. The Kier molecular flexibility index (Phi) is 5.46. The summed E-state index contributed by atoms with van der Waals surface area (Å²) in [5.74, 6) is -0.315. The Morgan fingerprint density at radius 1 is 0.939 bits per heavy atom. The largest absolute Gasteiger partial charge is 0.431 e. The third kappa shape index (κ3) is 3.80. The third-order valence-electron chi connectivity index (χ3n) is 6.38. The SMILES string of the molecule is O=C(NCc1ccc(F)cc1)N1CCN2C(=O)OC(c3ccccc3)(c3ccccc3)[C@@H]2C1. The van der Waals surface area contributed by atoms with Crippen LogP contribution >= 0.6 is 0 Å². The van der Waals surface area contributed by atoms with Crippen LogP contribution in [0.3, 0.4) is 0 Å². The summed E-state index contributed by atoms with van der Waals surface area (Å²) in [5.41, 5.74) is 1.53. The molecule has 0 aliphatic carbocycles. The first kappa shape index (κ1) is 21.0. The average molecular weight is 445 g/mol. The molecule has 2 fully saturated rings. The number of nitrogens with zero attached hydrogens (tertiary/aromatic N) is 2.